The lowest BCUT2D eigenvalue weighted by molar-refractivity contribution is -0.133. The monoisotopic (exact) mass is 334 g/mol. The Balaban J connectivity index is 2.93. The van der Waals surface area contributed by atoms with Crippen molar-refractivity contribution >= 4 is 16.4 Å². The summed E-state index contributed by atoms with van der Waals surface area (Å²) in [5.74, 6) is 0. The third-order valence-electron chi connectivity index (χ3n) is 2.96. The molecule has 0 radical (unpaired) electrons. The molecule has 0 unspecified atom stereocenters. The van der Waals surface area contributed by atoms with Crippen molar-refractivity contribution in [3.05, 3.63) is 29.8 Å². The smallest absolute Gasteiger partial charge is 0.297 e. The Kier molecular flexibility index (Phi) is 6.60. The Morgan fingerprint density at radius 1 is 1.14 bits per heavy atom. The largest absolute Gasteiger partial charge is 0.394 e. The number of aliphatic hydroxyl groups excluding tert-OH is 4. The van der Waals surface area contributed by atoms with Crippen LogP contribution in [0, 0.1) is 6.92 Å². The summed E-state index contributed by atoms with van der Waals surface area (Å²) in [5, 5.41) is 37.4. The van der Waals surface area contributed by atoms with Crippen molar-refractivity contribution < 1.29 is 37.8 Å². The topological polar surface area (TPSA) is 141 Å². The van der Waals surface area contributed by atoms with E-state index in [1.165, 1.54) is 24.3 Å². The van der Waals surface area contributed by atoms with Gasteiger partial charge in [-0.2, -0.15) is 8.42 Å². The predicted molar refractivity (Wildman–Crippen MR) is 74.4 cm³/mol. The van der Waals surface area contributed by atoms with Crippen molar-refractivity contribution in [2.75, 3.05) is 6.61 Å². The molecular weight excluding hydrogens is 316 g/mol. The summed E-state index contributed by atoms with van der Waals surface area (Å²) in [6.45, 7) is 0.809. The van der Waals surface area contributed by atoms with Crippen LogP contribution in [-0.4, -0.2) is 66.2 Å². The third kappa shape index (κ3) is 4.57. The highest BCUT2D eigenvalue weighted by molar-refractivity contribution is 7.86. The molecule has 0 saturated heterocycles. The summed E-state index contributed by atoms with van der Waals surface area (Å²) < 4.78 is 28.7. The van der Waals surface area contributed by atoms with Crippen LogP contribution in [0.15, 0.2) is 29.2 Å². The number of carbonyl (C=O) groups excluding carboxylic acids is 1. The first-order valence-corrected chi connectivity index (χ1v) is 7.74. The molecule has 1 rings (SSSR count). The van der Waals surface area contributed by atoms with Crippen molar-refractivity contribution in [1.29, 1.82) is 0 Å². The molecule has 0 fully saturated rings. The lowest BCUT2D eigenvalue weighted by Gasteiger charge is -2.26. The number of hydrogen-bond donors (Lipinski definition) is 4. The van der Waals surface area contributed by atoms with Crippen LogP contribution in [0.2, 0.25) is 0 Å². The van der Waals surface area contributed by atoms with E-state index in [1.807, 2.05) is 0 Å². The quantitative estimate of drug-likeness (QED) is 0.327. The van der Waals surface area contributed by atoms with Crippen molar-refractivity contribution in [3.8, 4) is 0 Å². The highest BCUT2D eigenvalue weighted by Crippen LogP contribution is 2.18. The minimum absolute atomic E-state index is 0.0310. The molecule has 0 amide bonds. The molecule has 0 bridgehead atoms. The van der Waals surface area contributed by atoms with Gasteiger partial charge in [0.1, 0.15) is 24.4 Å². The zero-order valence-electron chi connectivity index (χ0n) is 11.7. The number of aldehydes is 1. The van der Waals surface area contributed by atoms with Crippen molar-refractivity contribution in [1.82, 2.24) is 0 Å². The van der Waals surface area contributed by atoms with Gasteiger partial charge < -0.3 is 25.2 Å². The molecule has 1 aromatic carbocycles. The second-order valence-electron chi connectivity index (χ2n) is 4.69. The SMILES string of the molecule is Cc1ccc(S(=O)(=O)O[C@H](CO)[C@@H](O)[C@H](O)[C@@H](O)C=O)cc1. The van der Waals surface area contributed by atoms with Crippen molar-refractivity contribution in [2.45, 2.75) is 36.2 Å². The maximum Gasteiger partial charge on any atom is 0.297 e. The predicted octanol–water partition coefficient (Wildman–Crippen LogP) is -1.66. The maximum absolute atomic E-state index is 12.0. The number of rotatable bonds is 8. The summed E-state index contributed by atoms with van der Waals surface area (Å²) in [7, 11) is -4.30. The van der Waals surface area contributed by atoms with E-state index in [4.69, 9.17) is 10.2 Å². The third-order valence-corrected chi connectivity index (χ3v) is 4.31. The van der Waals surface area contributed by atoms with Gasteiger partial charge in [-0.15, -0.1) is 0 Å². The number of hydrogen-bond acceptors (Lipinski definition) is 8. The Labute approximate surface area is 127 Å². The molecule has 9 heteroatoms. The molecule has 0 aliphatic heterocycles. The van der Waals surface area contributed by atoms with Crippen molar-refractivity contribution in [3.63, 3.8) is 0 Å². The molecule has 0 aliphatic carbocycles. The van der Waals surface area contributed by atoms with Gasteiger partial charge in [0, 0.05) is 0 Å². The Morgan fingerprint density at radius 3 is 2.14 bits per heavy atom. The van der Waals surface area contributed by atoms with Crippen LogP contribution < -0.4 is 0 Å². The fourth-order valence-corrected chi connectivity index (χ4v) is 2.70. The average molecular weight is 334 g/mol. The van der Waals surface area contributed by atoms with Gasteiger partial charge in [-0.3, -0.25) is 4.18 Å². The van der Waals surface area contributed by atoms with Crippen LogP contribution in [-0.2, 0) is 19.1 Å². The van der Waals surface area contributed by atoms with Gasteiger partial charge in [0.05, 0.1) is 11.5 Å². The standard InChI is InChI=1S/C13H18O8S/c1-8-2-4-9(5-3-8)22(19,20)21-11(7-15)13(18)12(17)10(16)6-14/h2-6,10-13,15-18H,7H2,1H3/t10-,11+,12+,13+/m0/s1. The van der Waals surface area contributed by atoms with E-state index >= 15 is 0 Å². The lowest BCUT2D eigenvalue weighted by atomic mass is 10.0. The summed E-state index contributed by atoms with van der Waals surface area (Å²) in [4.78, 5) is 10.2. The fraction of sp³-hybridized carbons (Fsp3) is 0.462. The first-order valence-electron chi connectivity index (χ1n) is 6.33. The van der Waals surface area contributed by atoms with E-state index in [2.05, 4.69) is 4.18 Å². The molecule has 8 nitrogen and oxygen atoms in total. The van der Waals surface area contributed by atoms with Crippen molar-refractivity contribution in [2.24, 2.45) is 0 Å². The maximum atomic E-state index is 12.0. The minimum Gasteiger partial charge on any atom is -0.394 e. The fourth-order valence-electron chi connectivity index (χ4n) is 1.62. The number of carbonyl (C=O) groups is 1. The zero-order valence-corrected chi connectivity index (χ0v) is 12.5. The highest BCUT2D eigenvalue weighted by atomic mass is 32.2. The van der Waals surface area contributed by atoms with Crippen LogP contribution in [0.25, 0.3) is 0 Å². The molecular formula is C13H18O8S. The molecule has 0 aromatic heterocycles. The van der Waals surface area contributed by atoms with Crippen LogP contribution >= 0.6 is 0 Å². The van der Waals surface area contributed by atoms with E-state index in [0.29, 0.717) is 0 Å². The van der Waals surface area contributed by atoms with Gasteiger partial charge in [-0.25, -0.2) is 0 Å². The van der Waals surface area contributed by atoms with Crippen LogP contribution in [0.4, 0.5) is 0 Å². The van der Waals surface area contributed by atoms with E-state index in [-0.39, 0.29) is 11.2 Å². The summed E-state index contributed by atoms with van der Waals surface area (Å²) >= 11 is 0. The summed E-state index contributed by atoms with van der Waals surface area (Å²) in [5.41, 5.74) is 0.822. The van der Waals surface area contributed by atoms with E-state index in [1.54, 1.807) is 6.92 Å². The van der Waals surface area contributed by atoms with Crippen LogP contribution in [0.5, 0.6) is 0 Å². The number of aryl methyl sites for hydroxylation is 1. The number of aliphatic hydroxyl groups is 4. The normalized spacial score (nSPS) is 17.5. The van der Waals surface area contributed by atoms with Crippen LogP contribution in [0.3, 0.4) is 0 Å². The zero-order chi connectivity index (χ0) is 16.9. The Bertz CT molecular complexity index is 583. The first-order chi connectivity index (χ1) is 10.2. The van der Waals surface area contributed by atoms with E-state index in [0.717, 1.165) is 5.56 Å². The van der Waals surface area contributed by atoms with Gasteiger partial charge in [0.2, 0.25) is 0 Å². The summed E-state index contributed by atoms with van der Waals surface area (Å²) in [6, 6.07) is 5.63. The van der Waals surface area contributed by atoms with Crippen LogP contribution in [0.1, 0.15) is 5.56 Å². The molecule has 0 spiro atoms. The van der Waals surface area contributed by atoms with Gasteiger partial charge in [0.25, 0.3) is 10.1 Å². The highest BCUT2D eigenvalue weighted by Gasteiger charge is 2.35. The molecule has 124 valence electrons. The lowest BCUT2D eigenvalue weighted by Crippen LogP contribution is -2.48. The van der Waals surface area contributed by atoms with Gasteiger partial charge in [-0.05, 0) is 19.1 Å². The first kappa shape index (κ1) is 18.7. The molecule has 0 heterocycles. The van der Waals surface area contributed by atoms with Gasteiger partial charge >= 0.3 is 0 Å². The second kappa shape index (κ2) is 7.77. The molecule has 0 aliphatic rings. The molecule has 4 atom stereocenters. The summed E-state index contributed by atoms with van der Waals surface area (Å²) in [6.07, 6.45) is -7.68. The van der Waals surface area contributed by atoms with Gasteiger partial charge in [0.15, 0.2) is 6.29 Å². The van der Waals surface area contributed by atoms with E-state index < -0.39 is 41.1 Å². The molecule has 1 aromatic rings. The second-order valence-corrected chi connectivity index (χ2v) is 6.26. The van der Waals surface area contributed by atoms with Gasteiger partial charge in [-0.1, -0.05) is 17.7 Å². The molecule has 4 N–H and O–H groups in total. The molecule has 0 saturated carbocycles. The average Bonchev–Trinajstić information content (AvgIpc) is 2.50. The molecule has 22 heavy (non-hydrogen) atoms. The van der Waals surface area contributed by atoms with E-state index in [9.17, 15) is 23.4 Å². The Morgan fingerprint density at radius 2 is 1.68 bits per heavy atom. The Hall–Kier alpha value is -1.36. The number of benzene rings is 1. The minimum atomic E-state index is -4.30.